The predicted molar refractivity (Wildman–Crippen MR) is 90.8 cm³/mol. The Balaban J connectivity index is 2.00. The SMILES string of the molecule is C=CCOc1ccc(C(=O)N2CCC(C(=O)NN)CC2)cc1Br. The van der Waals surface area contributed by atoms with Gasteiger partial charge in [0.05, 0.1) is 4.47 Å². The third-order valence-corrected chi connectivity index (χ3v) is 4.45. The molecule has 0 aliphatic carbocycles. The highest BCUT2D eigenvalue weighted by Crippen LogP contribution is 2.27. The first-order valence-electron chi connectivity index (χ1n) is 7.39. The van der Waals surface area contributed by atoms with Gasteiger partial charge in [-0.3, -0.25) is 15.0 Å². The Labute approximate surface area is 143 Å². The number of rotatable bonds is 5. The quantitative estimate of drug-likeness (QED) is 0.352. The van der Waals surface area contributed by atoms with Gasteiger partial charge >= 0.3 is 0 Å². The summed E-state index contributed by atoms with van der Waals surface area (Å²) in [6, 6.07) is 5.25. The summed E-state index contributed by atoms with van der Waals surface area (Å²) < 4.78 is 6.20. The van der Waals surface area contributed by atoms with E-state index in [1.165, 1.54) is 0 Å². The van der Waals surface area contributed by atoms with Crippen LogP contribution < -0.4 is 16.0 Å². The predicted octanol–water partition coefficient (Wildman–Crippen LogP) is 1.86. The Morgan fingerprint density at radius 1 is 1.43 bits per heavy atom. The first-order chi connectivity index (χ1) is 11.1. The van der Waals surface area contributed by atoms with Crippen LogP contribution in [-0.2, 0) is 4.79 Å². The molecule has 2 rings (SSSR count). The maximum absolute atomic E-state index is 12.5. The number of benzene rings is 1. The zero-order valence-corrected chi connectivity index (χ0v) is 14.3. The topological polar surface area (TPSA) is 84.7 Å². The Bertz CT molecular complexity index is 598. The number of nitrogens with two attached hydrogens (primary N) is 1. The van der Waals surface area contributed by atoms with Gasteiger partial charge in [0.1, 0.15) is 12.4 Å². The number of halogens is 1. The number of hydrogen-bond donors (Lipinski definition) is 2. The van der Waals surface area contributed by atoms with E-state index in [1.54, 1.807) is 29.2 Å². The van der Waals surface area contributed by atoms with Gasteiger partial charge in [0.15, 0.2) is 0 Å². The van der Waals surface area contributed by atoms with Crippen LogP contribution in [0.5, 0.6) is 5.75 Å². The largest absolute Gasteiger partial charge is 0.488 e. The minimum atomic E-state index is -0.163. The molecule has 1 heterocycles. The van der Waals surface area contributed by atoms with E-state index < -0.39 is 0 Å². The maximum Gasteiger partial charge on any atom is 0.253 e. The second-order valence-electron chi connectivity index (χ2n) is 5.32. The average Bonchev–Trinajstić information content (AvgIpc) is 2.59. The zero-order valence-electron chi connectivity index (χ0n) is 12.8. The number of nitrogens with one attached hydrogen (secondary N) is 1. The van der Waals surface area contributed by atoms with E-state index in [0.29, 0.717) is 43.9 Å². The molecule has 0 aromatic heterocycles. The molecule has 7 heteroatoms. The lowest BCUT2D eigenvalue weighted by molar-refractivity contribution is -0.126. The van der Waals surface area contributed by atoms with Gasteiger partial charge in [-0.1, -0.05) is 12.7 Å². The minimum absolute atomic E-state index is 0.0485. The van der Waals surface area contributed by atoms with E-state index >= 15 is 0 Å². The Hall–Kier alpha value is -1.86. The van der Waals surface area contributed by atoms with E-state index in [9.17, 15) is 9.59 Å². The molecule has 1 saturated heterocycles. The fourth-order valence-corrected chi connectivity index (χ4v) is 3.04. The Morgan fingerprint density at radius 3 is 2.70 bits per heavy atom. The number of carbonyl (C=O) groups is 2. The zero-order chi connectivity index (χ0) is 16.8. The number of ether oxygens (including phenoxy) is 1. The van der Waals surface area contributed by atoms with Crippen LogP contribution in [0.2, 0.25) is 0 Å². The summed E-state index contributed by atoms with van der Waals surface area (Å²) >= 11 is 3.41. The van der Waals surface area contributed by atoms with Crippen molar-refractivity contribution in [3.63, 3.8) is 0 Å². The fourth-order valence-electron chi connectivity index (χ4n) is 2.54. The van der Waals surface area contributed by atoms with E-state index in [2.05, 4.69) is 27.9 Å². The average molecular weight is 382 g/mol. The minimum Gasteiger partial charge on any atom is -0.488 e. The summed E-state index contributed by atoms with van der Waals surface area (Å²) in [6.07, 6.45) is 2.90. The fraction of sp³-hybridized carbons (Fsp3) is 0.375. The molecule has 2 amide bonds. The third-order valence-electron chi connectivity index (χ3n) is 3.83. The van der Waals surface area contributed by atoms with Crippen LogP contribution >= 0.6 is 15.9 Å². The van der Waals surface area contributed by atoms with E-state index in [-0.39, 0.29) is 17.7 Å². The number of hydrazine groups is 1. The molecule has 0 atom stereocenters. The van der Waals surface area contributed by atoms with Crippen molar-refractivity contribution in [1.82, 2.24) is 10.3 Å². The van der Waals surface area contributed by atoms with Gasteiger partial charge in [0.25, 0.3) is 5.91 Å². The summed E-state index contributed by atoms with van der Waals surface area (Å²) in [7, 11) is 0. The Kier molecular flexibility index (Phi) is 6.18. The van der Waals surface area contributed by atoms with Crippen LogP contribution in [0.3, 0.4) is 0 Å². The molecule has 1 aromatic rings. The molecule has 1 fully saturated rings. The van der Waals surface area contributed by atoms with Gasteiger partial charge in [-0.05, 0) is 47.0 Å². The third kappa shape index (κ3) is 4.33. The van der Waals surface area contributed by atoms with Gasteiger partial charge < -0.3 is 9.64 Å². The molecular weight excluding hydrogens is 362 g/mol. The highest BCUT2D eigenvalue weighted by atomic mass is 79.9. The lowest BCUT2D eigenvalue weighted by atomic mass is 9.95. The molecule has 1 aliphatic rings. The maximum atomic E-state index is 12.5. The second kappa shape index (κ2) is 8.12. The summed E-state index contributed by atoms with van der Waals surface area (Å²) in [5, 5.41) is 0. The molecule has 0 spiro atoms. The molecule has 0 unspecified atom stereocenters. The van der Waals surface area contributed by atoms with Crippen molar-refractivity contribution in [2.75, 3.05) is 19.7 Å². The molecule has 1 aliphatic heterocycles. The van der Waals surface area contributed by atoms with Crippen molar-refractivity contribution in [3.8, 4) is 5.75 Å². The summed E-state index contributed by atoms with van der Waals surface area (Å²) in [5.74, 6) is 5.49. The van der Waals surface area contributed by atoms with Crippen molar-refractivity contribution >= 4 is 27.7 Å². The normalized spacial score (nSPS) is 15.1. The first kappa shape index (κ1) is 17.5. The lowest BCUT2D eigenvalue weighted by Crippen LogP contribution is -2.44. The molecular formula is C16H20BrN3O3. The molecule has 3 N–H and O–H groups in total. The number of nitrogens with zero attached hydrogens (tertiary/aromatic N) is 1. The van der Waals surface area contributed by atoms with Crippen LogP contribution in [0.15, 0.2) is 35.3 Å². The van der Waals surface area contributed by atoms with Crippen molar-refractivity contribution in [3.05, 3.63) is 40.9 Å². The molecule has 0 bridgehead atoms. The van der Waals surface area contributed by atoms with E-state index in [4.69, 9.17) is 10.6 Å². The number of carbonyl (C=O) groups excluding carboxylic acids is 2. The van der Waals surface area contributed by atoms with Gasteiger partial charge in [-0.15, -0.1) is 0 Å². The molecule has 0 radical (unpaired) electrons. The standard InChI is InChI=1S/C16H20BrN3O3/c1-2-9-23-14-4-3-12(10-13(14)17)16(22)20-7-5-11(6-8-20)15(21)19-18/h2-4,10-11H,1,5-9,18H2,(H,19,21). The van der Waals surface area contributed by atoms with Crippen molar-refractivity contribution < 1.29 is 14.3 Å². The molecule has 1 aromatic carbocycles. The molecule has 0 saturated carbocycles. The summed E-state index contributed by atoms with van der Waals surface area (Å²) in [6.45, 7) is 5.09. The van der Waals surface area contributed by atoms with Gasteiger partial charge in [-0.2, -0.15) is 0 Å². The van der Waals surface area contributed by atoms with Crippen LogP contribution in [-0.4, -0.2) is 36.4 Å². The first-order valence-corrected chi connectivity index (χ1v) is 8.19. The Morgan fingerprint density at radius 2 is 2.13 bits per heavy atom. The van der Waals surface area contributed by atoms with E-state index in [0.717, 1.165) is 4.47 Å². The lowest BCUT2D eigenvalue weighted by Gasteiger charge is -2.31. The number of likely N-dealkylation sites (tertiary alicyclic amines) is 1. The smallest absolute Gasteiger partial charge is 0.253 e. The van der Waals surface area contributed by atoms with Crippen LogP contribution in [0.25, 0.3) is 0 Å². The number of hydrogen-bond acceptors (Lipinski definition) is 4. The van der Waals surface area contributed by atoms with Crippen molar-refractivity contribution in [1.29, 1.82) is 0 Å². The highest BCUT2D eigenvalue weighted by molar-refractivity contribution is 9.10. The monoisotopic (exact) mass is 381 g/mol. The number of amides is 2. The second-order valence-corrected chi connectivity index (χ2v) is 6.17. The van der Waals surface area contributed by atoms with Gasteiger partial charge in [0, 0.05) is 24.6 Å². The summed E-state index contributed by atoms with van der Waals surface area (Å²) in [4.78, 5) is 25.8. The van der Waals surface area contributed by atoms with Crippen LogP contribution in [0, 0.1) is 5.92 Å². The van der Waals surface area contributed by atoms with Gasteiger partial charge in [-0.25, -0.2) is 5.84 Å². The molecule has 6 nitrogen and oxygen atoms in total. The van der Waals surface area contributed by atoms with Crippen LogP contribution in [0.1, 0.15) is 23.2 Å². The van der Waals surface area contributed by atoms with Crippen molar-refractivity contribution in [2.45, 2.75) is 12.8 Å². The summed E-state index contributed by atoms with van der Waals surface area (Å²) in [5.41, 5.74) is 2.76. The van der Waals surface area contributed by atoms with Crippen LogP contribution in [0.4, 0.5) is 0 Å². The van der Waals surface area contributed by atoms with Crippen molar-refractivity contribution in [2.24, 2.45) is 11.8 Å². The molecule has 124 valence electrons. The van der Waals surface area contributed by atoms with E-state index in [1.807, 2.05) is 0 Å². The number of piperidine rings is 1. The molecule has 23 heavy (non-hydrogen) atoms. The highest BCUT2D eigenvalue weighted by Gasteiger charge is 2.27. The van der Waals surface area contributed by atoms with Gasteiger partial charge in [0.2, 0.25) is 5.91 Å².